The van der Waals surface area contributed by atoms with E-state index in [4.69, 9.17) is 4.74 Å². The zero-order chi connectivity index (χ0) is 14.5. The standard InChI is InChI=1S/C14H13FN2O2S/c1-3-14(18)17-10-4-5-13(12(15)6-10)19-8-11-7-16-9(2)20-11/h3-7H,1,8H2,2H3,(H,17,18). The maximum atomic E-state index is 13.8. The van der Waals surface area contributed by atoms with Crippen LogP contribution in [0.25, 0.3) is 0 Å². The van der Waals surface area contributed by atoms with Crippen molar-refractivity contribution in [2.45, 2.75) is 13.5 Å². The van der Waals surface area contributed by atoms with E-state index in [1.54, 1.807) is 12.3 Å². The van der Waals surface area contributed by atoms with Gasteiger partial charge in [-0.3, -0.25) is 4.79 Å². The maximum Gasteiger partial charge on any atom is 0.247 e. The van der Waals surface area contributed by atoms with Crippen LogP contribution in [0, 0.1) is 12.7 Å². The van der Waals surface area contributed by atoms with Gasteiger partial charge >= 0.3 is 0 Å². The Kier molecular flexibility index (Phi) is 4.47. The predicted octanol–water partition coefficient (Wildman–Crippen LogP) is 3.29. The summed E-state index contributed by atoms with van der Waals surface area (Å²) in [6.45, 7) is 5.49. The summed E-state index contributed by atoms with van der Waals surface area (Å²) in [6, 6.07) is 4.24. The molecule has 0 saturated carbocycles. The predicted molar refractivity (Wildman–Crippen MR) is 76.4 cm³/mol. The first-order chi connectivity index (χ1) is 9.58. The Morgan fingerprint density at radius 3 is 3.00 bits per heavy atom. The Balaban J connectivity index is 2.02. The van der Waals surface area contributed by atoms with Crippen molar-refractivity contribution in [2.24, 2.45) is 0 Å². The second kappa shape index (κ2) is 6.29. The third-order valence-corrected chi connectivity index (χ3v) is 3.31. The average Bonchev–Trinajstić information content (AvgIpc) is 2.83. The van der Waals surface area contributed by atoms with E-state index in [1.165, 1.54) is 23.5 Å². The molecule has 4 nitrogen and oxygen atoms in total. The van der Waals surface area contributed by atoms with E-state index < -0.39 is 11.7 Å². The molecule has 1 heterocycles. The summed E-state index contributed by atoms with van der Waals surface area (Å²) < 4.78 is 19.2. The Hall–Kier alpha value is -2.21. The van der Waals surface area contributed by atoms with Crippen LogP contribution in [-0.4, -0.2) is 10.9 Å². The molecule has 0 atom stereocenters. The molecular formula is C14H13FN2O2S. The minimum Gasteiger partial charge on any atom is -0.485 e. The summed E-state index contributed by atoms with van der Waals surface area (Å²) in [7, 11) is 0. The first-order valence-electron chi connectivity index (χ1n) is 5.85. The molecule has 0 aliphatic heterocycles. The normalized spacial score (nSPS) is 10.1. The van der Waals surface area contributed by atoms with Gasteiger partial charge in [0.25, 0.3) is 0 Å². The van der Waals surface area contributed by atoms with Crippen molar-refractivity contribution >= 4 is 22.9 Å². The number of nitrogens with one attached hydrogen (secondary N) is 1. The van der Waals surface area contributed by atoms with E-state index in [0.29, 0.717) is 5.69 Å². The number of carbonyl (C=O) groups is 1. The summed E-state index contributed by atoms with van der Waals surface area (Å²) in [5.74, 6) is -0.793. The number of benzene rings is 1. The van der Waals surface area contributed by atoms with Gasteiger partial charge in [0.05, 0.1) is 9.88 Å². The van der Waals surface area contributed by atoms with Crippen molar-refractivity contribution in [3.63, 3.8) is 0 Å². The molecule has 1 aromatic carbocycles. The van der Waals surface area contributed by atoms with Gasteiger partial charge in [-0.25, -0.2) is 9.37 Å². The summed E-state index contributed by atoms with van der Waals surface area (Å²) in [4.78, 5) is 16.1. The van der Waals surface area contributed by atoms with Gasteiger partial charge in [0.1, 0.15) is 6.61 Å². The van der Waals surface area contributed by atoms with E-state index in [1.807, 2.05) is 6.92 Å². The average molecular weight is 292 g/mol. The molecule has 0 aliphatic rings. The van der Waals surface area contributed by atoms with Gasteiger partial charge in [0.15, 0.2) is 11.6 Å². The number of aryl methyl sites for hydroxylation is 1. The van der Waals surface area contributed by atoms with Crippen LogP contribution < -0.4 is 10.1 Å². The third-order valence-electron chi connectivity index (χ3n) is 2.42. The molecular weight excluding hydrogens is 279 g/mol. The maximum absolute atomic E-state index is 13.8. The molecule has 104 valence electrons. The molecule has 1 amide bonds. The molecule has 2 aromatic rings. The second-order valence-corrected chi connectivity index (χ2v) is 5.29. The highest BCUT2D eigenvalue weighted by Gasteiger charge is 2.07. The Bertz CT molecular complexity index is 640. The summed E-state index contributed by atoms with van der Waals surface area (Å²) in [5, 5.41) is 3.41. The molecule has 0 bridgehead atoms. The van der Waals surface area contributed by atoms with Crippen LogP contribution in [0.1, 0.15) is 9.88 Å². The quantitative estimate of drug-likeness (QED) is 0.860. The number of amides is 1. The molecule has 2 rings (SSSR count). The van der Waals surface area contributed by atoms with Gasteiger partial charge in [-0.05, 0) is 25.1 Å². The molecule has 0 spiro atoms. The van der Waals surface area contributed by atoms with Crippen molar-refractivity contribution in [3.05, 3.63) is 52.8 Å². The fourth-order valence-electron chi connectivity index (χ4n) is 1.51. The number of hydrogen-bond donors (Lipinski definition) is 1. The van der Waals surface area contributed by atoms with Crippen molar-refractivity contribution in [1.29, 1.82) is 0 Å². The molecule has 6 heteroatoms. The van der Waals surface area contributed by atoms with Gasteiger partial charge in [0, 0.05) is 18.0 Å². The van der Waals surface area contributed by atoms with Crippen molar-refractivity contribution in [2.75, 3.05) is 5.32 Å². The lowest BCUT2D eigenvalue weighted by Crippen LogP contribution is -2.07. The lowest BCUT2D eigenvalue weighted by atomic mass is 10.3. The zero-order valence-corrected chi connectivity index (χ0v) is 11.7. The highest BCUT2D eigenvalue weighted by molar-refractivity contribution is 7.11. The van der Waals surface area contributed by atoms with Gasteiger partial charge in [-0.15, -0.1) is 11.3 Å². The fraction of sp³-hybridized carbons (Fsp3) is 0.143. The smallest absolute Gasteiger partial charge is 0.247 e. The number of ether oxygens (including phenoxy) is 1. The van der Waals surface area contributed by atoms with Crippen LogP contribution in [-0.2, 0) is 11.4 Å². The van der Waals surface area contributed by atoms with Gasteiger partial charge < -0.3 is 10.1 Å². The summed E-state index contributed by atoms with van der Waals surface area (Å²) in [5.41, 5.74) is 0.355. The van der Waals surface area contributed by atoms with Crippen molar-refractivity contribution < 1.29 is 13.9 Å². The van der Waals surface area contributed by atoms with Gasteiger partial charge in [0.2, 0.25) is 5.91 Å². The first kappa shape index (κ1) is 14.2. The molecule has 1 N–H and O–H groups in total. The number of hydrogen-bond acceptors (Lipinski definition) is 4. The number of thiazole rings is 1. The third kappa shape index (κ3) is 3.64. The molecule has 0 fully saturated rings. The molecule has 0 unspecified atom stereocenters. The minimum atomic E-state index is -0.534. The van der Waals surface area contributed by atoms with Gasteiger partial charge in [-0.2, -0.15) is 0 Å². The summed E-state index contributed by atoms with van der Waals surface area (Å²) >= 11 is 1.50. The first-order valence-corrected chi connectivity index (χ1v) is 6.67. The fourth-order valence-corrected chi connectivity index (χ4v) is 2.22. The van der Waals surface area contributed by atoms with E-state index >= 15 is 0 Å². The highest BCUT2D eigenvalue weighted by Crippen LogP contribution is 2.23. The number of rotatable bonds is 5. The SMILES string of the molecule is C=CC(=O)Nc1ccc(OCc2cnc(C)s2)c(F)c1. The lowest BCUT2D eigenvalue weighted by Gasteiger charge is -2.08. The van der Waals surface area contributed by atoms with Crippen LogP contribution in [0.15, 0.2) is 37.1 Å². The van der Waals surface area contributed by atoms with Crippen LogP contribution in [0.2, 0.25) is 0 Å². The number of nitrogens with zero attached hydrogens (tertiary/aromatic N) is 1. The van der Waals surface area contributed by atoms with Gasteiger partial charge in [-0.1, -0.05) is 6.58 Å². The van der Waals surface area contributed by atoms with Crippen molar-refractivity contribution in [1.82, 2.24) is 4.98 Å². The largest absolute Gasteiger partial charge is 0.485 e. The van der Waals surface area contributed by atoms with E-state index in [0.717, 1.165) is 16.0 Å². The Morgan fingerprint density at radius 2 is 2.40 bits per heavy atom. The van der Waals surface area contributed by atoms with Crippen LogP contribution in [0.3, 0.4) is 0 Å². The molecule has 1 aromatic heterocycles. The molecule has 20 heavy (non-hydrogen) atoms. The van der Waals surface area contributed by atoms with E-state index in [-0.39, 0.29) is 12.4 Å². The molecule has 0 saturated heterocycles. The Labute approximate surface area is 119 Å². The second-order valence-electron chi connectivity index (χ2n) is 3.97. The minimum absolute atomic E-state index is 0.132. The van der Waals surface area contributed by atoms with Crippen LogP contribution in [0.4, 0.5) is 10.1 Å². The van der Waals surface area contributed by atoms with E-state index in [9.17, 15) is 9.18 Å². The topological polar surface area (TPSA) is 51.2 Å². The Morgan fingerprint density at radius 1 is 1.60 bits per heavy atom. The number of carbonyl (C=O) groups excluding carboxylic acids is 1. The number of anilines is 1. The van der Waals surface area contributed by atoms with Crippen LogP contribution >= 0.6 is 11.3 Å². The number of halogens is 1. The summed E-state index contributed by atoms with van der Waals surface area (Å²) in [6.07, 6.45) is 2.82. The lowest BCUT2D eigenvalue weighted by molar-refractivity contribution is -0.111. The van der Waals surface area contributed by atoms with Crippen molar-refractivity contribution in [3.8, 4) is 5.75 Å². The van der Waals surface area contributed by atoms with Crippen LogP contribution in [0.5, 0.6) is 5.75 Å². The highest BCUT2D eigenvalue weighted by atomic mass is 32.1. The number of aromatic nitrogens is 1. The zero-order valence-electron chi connectivity index (χ0n) is 10.9. The molecule has 0 aliphatic carbocycles. The monoisotopic (exact) mass is 292 g/mol. The molecule has 0 radical (unpaired) electrons. The van der Waals surface area contributed by atoms with E-state index in [2.05, 4.69) is 16.9 Å².